The van der Waals surface area contributed by atoms with E-state index in [4.69, 9.17) is 4.74 Å². The lowest BCUT2D eigenvalue weighted by Gasteiger charge is -2.22. The van der Waals surface area contributed by atoms with Crippen LogP contribution in [0.2, 0.25) is 0 Å². The van der Waals surface area contributed by atoms with Crippen molar-refractivity contribution >= 4 is 5.82 Å². The first-order valence-corrected chi connectivity index (χ1v) is 6.37. The molecule has 0 saturated heterocycles. The zero-order valence-electron chi connectivity index (χ0n) is 12.2. The Labute approximate surface area is 114 Å². The van der Waals surface area contributed by atoms with Crippen LogP contribution in [0.3, 0.4) is 0 Å². The Bertz CT molecular complexity index is 567. The normalized spacial score (nSPS) is 11.4. The van der Waals surface area contributed by atoms with Gasteiger partial charge in [0.15, 0.2) is 0 Å². The van der Waals surface area contributed by atoms with Crippen LogP contribution in [0.1, 0.15) is 26.3 Å². The van der Waals surface area contributed by atoms with Gasteiger partial charge in [0.2, 0.25) is 0 Å². The summed E-state index contributed by atoms with van der Waals surface area (Å²) in [6.07, 6.45) is 0. The molecule has 0 unspecified atom stereocenters. The molecule has 1 aromatic heterocycles. The second kappa shape index (κ2) is 4.96. The molecule has 19 heavy (non-hydrogen) atoms. The van der Waals surface area contributed by atoms with Gasteiger partial charge in [-0.05, 0) is 23.6 Å². The summed E-state index contributed by atoms with van der Waals surface area (Å²) >= 11 is 0. The lowest BCUT2D eigenvalue weighted by Crippen LogP contribution is -2.12. The Kier molecular flexibility index (Phi) is 3.51. The summed E-state index contributed by atoms with van der Waals surface area (Å²) in [5.41, 5.74) is 3.33. The number of anilines is 1. The molecular weight excluding hydrogens is 238 g/mol. The molecule has 2 rings (SSSR count). The van der Waals surface area contributed by atoms with Gasteiger partial charge < -0.3 is 10.1 Å². The third-order valence-electron chi connectivity index (χ3n) is 3.15. The molecule has 0 amide bonds. The molecule has 1 heterocycles. The maximum absolute atomic E-state index is 5.45. The molecule has 0 aliphatic rings. The van der Waals surface area contributed by atoms with Crippen molar-refractivity contribution in [3.63, 3.8) is 0 Å². The quantitative estimate of drug-likeness (QED) is 0.888. The van der Waals surface area contributed by atoms with E-state index in [1.165, 1.54) is 5.56 Å². The average Bonchev–Trinajstić information content (AvgIpc) is 2.85. The molecule has 0 aliphatic carbocycles. The fourth-order valence-corrected chi connectivity index (χ4v) is 2.06. The van der Waals surface area contributed by atoms with E-state index in [-0.39, 0.29) is 5.41 Å². The van der Waals surface area contributed by atoms with E-state index in [0.717, 1.165) is 22.8 Å². The Morgan fingerprint density at radius 1 is 1.21 bits per heavy atom. The predicted molar refractivity (Wildman–Crippen MR) is 78.8 cm³/mol. The molecule has 0 bridgehead atoms. The number of methoxy groups -OCH3 is 1. The van der Waals surface area contributed by atoms with E-state index < -0.39 is 0 Å². The van der Waals surface area contributed by atoms with Crippen molar-refractivity contribution in [1.82, 2.24) is 10.2 Å². The van der Waals surface area contributed by atoms with Crippen molar-refractivity contribution in [2.24, 2.45) is 0 Å². The van der Waals surface area contributed by atoms with E-state index in [2.05, 4.69) is 42.4 Å². The lowest BCUT2D eigenvalue weighted by atomic mass is 9.85. The van der Waals surface area contributed by atoms with E-state index in [1.54, 1.807) is 7.11 Å². The number of rotatable bonds is 3. The largest absolute Gasteiger partial charge is 0.496 e. The summed E-state index contributed by atoms with van der Waals surface area (Å²) in [6, 6.07) is 8.21. The molecule has 0 fully saturated rings. The van der Waals surface area contributed by atoms with Crippen LogP contribution < -0.4 is 10.1 Å². The SMILES string of the molecule is CNc1cc(-c2ccc(OC)c(C(C)(C)C)c2)[nH]n1. The molecule has 4 nitrogen and oxygen atoms in total. The minimum atomic E-state index is 0.0349. The fraction of sp³-hybridized carbons (Fsp3) is 0.400. The number of nitrogens with one attached hydrogen (secondary N) is 2. The lowest BCUT2D eigenvalue weighted by molar-refractivity contribution is 0.397. The Hall–Kier alpha value is -1.97. The Balaban J connectivity index is 2.48. The van der Waals surface area contributed by atoms with Gasteiger partial charge in [-0.25, -0.2) is 0 Å². The molecule has 0 saturated carbocycles. The maximum Gasteiger partial charge on any atom is 0.148 e. The van der Waals surface area contributed by atoms with Crippen LogP contribution in [-0.2, 0) is 5.41 Å². The van der Waals surface area contributed by atoms with Crippen molar-refractivity contribution in [2.45, 2.75) is 26.2 Å². The third kappa shape index (κ3) is 2.72. The van der Waals surface area contributed by atoms with Crippen LogP contribution in [0.5, 0.6) is 5.75 Å². The highest BCUT2D eigenvalue weighted by atomic mass is 16.5. The zero-order chi connectivity index (χ0) is 14.0. The molecule has 4 heteroatoms. The van der Waals surface area contributed by atoms with Gasteiger partial charge in [-0.1, -0.05) is 20.8 Å². The average molecular weight is 259 g/mol. The second-order valence-corrected chi connectivity index (χ2v) is 5.58. The minimum absolute atomic E-state index is 0.0349. The second-order valence-electron chi connectivity index (χ2n) is 5.58. The first kappa shape index (κ1) is 13.5. The number of ether oxygens (including phenoxy) is 1. The van der Waals surface area contributed by atoms with E-state index in [1.807, 2.05) is 25.2 Å². The molecule has 102 valence electrons. The minimum Gasteiger partial charge on any atom is -0.496 e. The van der Waals surface area contributed by atoms with Crippen molar-refractivity contribution < 1.29 is 4.74 Å². The van der Waals surface area contributed by atoms with Gasteiger partial charge in [-0.3, -0.25) is 5.10 Å². The van der Waals surface area contributed by atoms with Gasteiger partial charge in [0.1, 0.15) is 11.6 Å². The highest BCUT2D eigenvalue weighted by Gasteiger charge is 2.19. The van der Waals surface area contributed by atoms with Crippen LogP contribution >= 0.6 is 0 Å². The number of aromatic nitrogens is 2. The third-order valence-corrected chi connectivity index (χ3v) is 3.15. The first-order chi connectivity index (χ1) is 8.95. The van der Waals surface area contributed by atoms with Crippen molar-refractivity contribution in [3.8, 4) is 17.0 Å². The molecule has 1 aromatic carbocycles. The van der Waals surface area contributed by atoms with Gasteiger partial charge in [0, 0.05) is 24.2 Å². The highest BCUT2D eigenvalue weighted by Crippen LogP contribution is 2.34. The zero-order valence-corrected chi connectivity index (χ0v) is 12.2. The standard InChI is InChI=1S/C15H21N3O/c1-15(2,3)11-8-10(6-7-13(11)19-5)12-9-14(16-4)18-17-12/h6-9H,1-5H3,(H2,16,17,18). The summed E-state index contributed by atoms with van der Waals surface area (Å²) in [6.45, 7) is 6.54. The molecule has 2 aromatic rings. The number of H-pyrrole nitrogens is 1. The van der Waals surface area contributed by atoms with Gasteiger partial charge in [-0.15, -0.1) is 0 Å². The molecule has 0 spiro atoms. The molecule has 2 N–H and O–H groups in total. The van der Waals surface area contributed by atoms with Crippen molar-refractivity contribution in [3.05, 3.63) is 29.8 Å². The van der Waals surface area contributed by atoms with Gasteiger partial charge in [-0.2, -0.15) is 5.10 Å². The number of nitrogens with zero attached hydrogens (tertiary/aromatic N) is 1. The Morgan fingerprint density at radius 3 is 2.47 bits per heavy atom. The summed E-state index contributed by atoms with van der Waals surface area (Å²) in [5.74, 6) is 1.76. The monoisotopic (exact) mass is 259 g/mol. The van der Waals surface area contributed by atoms with Crippen LogP contribution in [0.15, 0.2) is 24.3 Å². The van der Waals surface area contributed by atoms with Gasteiger partial charge in [0.25, 0.3) is 0 Å². The van der Waals surface area contributed by atoms with E-state index >= 15 is 0 Å². The molecule has 0 radical (unpaired) electrons. The summed E-state index contributed by atoms with van der Waals surface area (Å²) in [5, 5.41) is 10.2. The summed E-state index contributed by atoms with van der Waals surface area (Å²) in [4.78, 5) is 0. The van der Waals surface area contributed by atoms with Crippen molar-refractivity contribution in [1.29, 1.82) is 0 Å². The predicted octanol–water partition coefficient (Wildman–Crippen LogP) is 3.42. The topological polar surface area (TPSA) is 49.9 Å². The number of hydrogen-bond acceptors (Lipinski definition) is 3. The molecular formula is C15H21N3O. The van der Waals surface area contributed by atoms with Gasteiger partial charge >= 0.3 is 0 Å². The number of hydrogen-bond donors (Lipinski definition) is 2. The van der Waals surface area contributed by atoms with Crippen LogP contribution in [0.4, 0.5) is 5.82 Å². The number of aromatic amines is 1. The maximum atomic E-state index is 5.45. The van der Waals surface area contributed by atoms with Crippen LogP contribution in [-0.4, -0.2) is 24.4 Å². The summed E-state index contributed by atoms with van der Waals surface area (Å²) in [7, 11) is 3.56. The van der Waals surface area contributed by atoms with Gasteiger partial charge in [0.05, 0.1) is 12.8 Å². The van der Waals surface area contributed by atoms with E-state index in [9.17, 15) is 0 Å². The first-order valence-electron chi connectivity index (χ1n) is 6.37. The number of benzene rings is 1. The summed E-state index contributed by atoms with van der Waals surface area (Å²) < 4.78 is 5.45. The molecule has 0 atom stereocenters. The smallest absolute Gasteiger partial charge is 0.148 e. The fourth-order valence-electron chi connectivity index (χ4n) is 2.06. The van der Waals surface area contributed by atoms with Crippen LogP contribution in [0, 0.1) is 0 Å². The van der Waals surface area contributed by atoms with Crippen LogP contribution in [0.25, 0.3) is 11.3 Å². The van der Waals surface area contributed by atoms with E-state index in [0.29, 0.717) is 0 Å². The molecule has 0 aliphatic heterocycles. The Morgan fingerprint density at radius 2 is 1.95 bits per heavy atom. The van der Waals surface area contributed by atoms with Crippen molar-refractivity contribution in [2.75, 3.05) is 19.5 Å². The highest BCUT2D eigenvalue weighted by molar-refractivity contribution is 5.65.